The fourth-order valence-corrected chi connectivity index (χ4v) is 4.69. The molecular formula is C18H28O3SSi. The second kappa shape index (κ2) is 7.14. The molecule has 0 aliphatic carbocycles. The summed E-state index contributed by atoms with van der Waals surface area (Å²) in [7, 11) is -5.06. The van der Waals surface area contributed by atoms with Crippen molar-refractivity contribution in [2.45, 2.75) is 56.6 Å². The molecule has 1 rings (SSSR count). The van der Waals surface area contributed by atoms with Crippen molar-refractivity contribution in [2.75, 3.05) is 0 Å². The molecule has 0 fully saturated rings. The molecule has 1 aromatic rings. The molecule has 0 aliphatic heterocycles. The second-order valence-corrected chi connectivity index (χ2v) is 15.7. The molecule has 0 saturated heterocycles. The largest absolute Gasteiger partial charge is 0.297 e. The summed E-state index contributed by atoms with van der Waals surface area (Å²) in [5.74, 6) is -0.270. The van der Waals surface area contributed by atoms with Gasteiger partial charge in [-0.3, -0.25) is 4.79 Å². The minimum Gasteiger partial charge on any atom is -0.297 e. The first kappa shape index (κ1) is 19.8. The van der Waals surface area contributed by atoms with Crippen LogP contribution < -0.4 is 0 Å². The van der Waals surface area contributed by atoms with E-state index < -0.39 is 28.6 Å². The Morgan fingerprint density at radius 3 is 2.09 bits per heavy atom. The summed E-state index contributed by atoms with van der Waals surface area (Å²) < 4.78 is 25.8. The summed E-state index contributed by atoms with van der Waals surface area (Å²) in [6, 6.07) is 9.07. The quantitative estimate of drug-likeness (QED) is 0.565. The maximum atomic E-state index is 12.9. The number of hydrogen-bond donors (Lipinski definition) is 0. The Labute approximate surface area is 141 Å². The molecule has 128 valence electrons. The number of carbonyl (C=O) groups excluding carboxylic acids is 1. The van der Waals surface area contributed by atoms with E-state index in [-0.39, 0.29) is 10.7 Å². The van der Waals surface area contributed by atoms with Crippen LogP contribution in [0.3, 0.4) is 0 Å². The monoisotopic (exact) mass is 352 g/mol. The van der Waals surface area contributed by atoms with Crippen LogP contribution >= 0.6 is 0 Å². The van der Waals surface area contributed by atoms with E-state index in [2.05, 4.69) is 19.6 Å². The minimum atomic E-state index is -3.72. The molecule has 0 N–H and O–H groups in total. The van der Waals surface area contributed by atoms with Gasteiger partial charge in [-0.1, -0.05) is 70.8 Å². The van der Waals surface area contributed by atoms with Gasteiger partial charge in [0.25, 0.3) is 0 Å². The average molecular weight is 353 g/mol. The van der Waals surface area contributed by atoms with Gasteiger partial charge in [-0.15, -0.1) is 0 Å². The van der Waals surface area contributed by atoms with Crippen molar-refractivity contribution in [1.82, 2.24) is 0 Å². The van der Waals surface area contributed by atoms with Crippen molar-refractivity contribution in [2.24, 2.45) is 5.41 Å². The second-order valence-electron chi connectivity index (χ2n) is 8.09. The van der Waals surface area contributed by atoms with Crippen molar-refractivity contribution >= 4 is 23.7 Å². The van der Waals surface area contributed by atoms with E-state index >= 15 is 0 Å². The number of allylic oxidation sites excluding steroid dienone is 1. The zero-order valence-corrected chi connectivity index (χ0v) is 16.8. The predicted octanol–water partition coefficient (Wildman–Crippen LogP) is 4.34. The van der Waals surface area contributed by atoms with Crippen LogP contribution in [0.4, 0.5) is 0 Å². The third-order valence-electron chi connectivity index (χ3n) is 3.44. The van der Waals surface area contributed by atoms with Crippen molar-refractivity contribution in [3.63, 3.8) is 0 Å². The predicted molar refractivity (Wildman–Crippen MR) is 99.2 cm³/mol. The first-order valence-electron chi connectivity index (χ1n) is 7.86. The highest BCUT2D eigenvalue weighted by molar-refractivity contribution is 7.93. The van der Waals surface area contributed by atoms with Gasteiger partial charge >= 0.3 is 0 Å². The molecule has 1 aromatic carbocycles. The van der Waals surface area contributed by atoms with Gasteiger partial charge in [-0.2, -0.15) is 0 Å². The number of sulfone groups is 1. The lowest BCUT2D eigenvalue weighted by atomic mass is 9.88. The highest BCUT2D eigenvalue weighted by Gasteiger charge is 2.37. The first-order valence-corrected chi connectivity index (χ1v) is 13.1. The number of benzene rings is 1. The van der Waals surface area contributed by atoms with Gasteiger partial charge in [-0.25, -0.2) is 8.42 Å². The zero-order valence-electron chi connectivity index (χ0n) is 15.0. The lowest BCUT2D eigenvalue weighted by Gasteiger charge is -2.23. The minimum absolute atomic E-state index is 0.195. The highest BCUT2D eigenvalue weighted by atomic mass is 32.2. The van der Waals surface area contributed by atoms with Crippen LogP contribution in [-0.4, -0.2) is 27.5 Å². The van der Waals surface area contributed by atoms with E-state index in [1.54, 1.807) is 57.2 Å². The number of carbonyl (C=O) groups is 1. The highest BCUT2D eigenvalue weighted by Crippen LogP contribution is 2.26. The van der Waals surface area contributed by atoms with Crippen LogP contribution in [0.2, 0.25) is 25.7 Å². The van der Waals surface area contributed by atoms with Gasteiger partial charge in [0.05, 0.1) is 4.90 Å². The molecule has 0 spiro atoms. The Bertz CT molecular complexity index is 662. The molecule has 0 aromatic heterocycles. The Hall–Kier alpha value is -1.20. The van der Waals surface area contributed by atoms with E-state index in [9.17, 15) is 13.2 Å². The summed E-state index contributed by atoms with van der Waals surface area (Å²) in [6.07, 6.45) is 3.47. The molecule has 1 atom stereocenters. The van der Waals surface area contributed by atoms with Gasteiger partial charge < -0.3 is 0 Å². The van der Waals surface area contributed by atoms with Gasteiger partial charge in [0.1, 0.15) is 5.25 Å². The Balaban J connectivity index is 3.27. The van der Waals surface area contributed by atoms with E-state index in [1.165, 1.54) is 0 Å². The van der Waals surface area contributed by atoms with E-state index in [0.717, 1.165) is 6.04 Å². The molecule has 23 heavy (non-hydrogen) atoms. The molecule has 0 amide bonds. The smallest absolute Gasteiger partial charge is 0.191 e. The van der Waals surface area contributed by atoms with Crippen molar-refractivity contribution in [1.29, 1.82) is 0 Å². The van der Waals surface area contributed by atoms with Crippen LogP contribution in [0.25, 0.3) is 0 Å². The van der Waals surface area contributed by atoms with Gasteiger partial charge in [0.15, 0.2) is 15.6 Å². The van der Waals surface area contributed by atoms with Gasteiger partial charge in [0, 0.05) is 13.5 Å². The Morgan fingerprint density at radius 1 is 1.13 bits per heavy atom. The topological polar surface area (TPSA) is 51.2 Å². The van der Waals surface area contributed by atoms with Crippen LogP contribution in [0.5, 0.6) is 0 Å². The normalized spacial score (nSPS) is 14.9. The molecular weight excluding hydrogens is 324 g/mol. The molecule has 3 nitrogen and oxygen atoms in total. The number of ketones is 1. The van der Waals surface area contributed by atoms with Gasteiger partial charge in [-0.05, 0) is 18.2 Å². The maximum Gasteiger partial charge on any atom is 0.191 e. The summed E-state index contributed by atoms with van der Waals surface area (Å²) in [5, 5.41) is -1.12. The fraction of sp³-hybridized carbons (Fsp3) is 0.500. The summed E-state index contributed by atoms with van der Waals surface area (Å²) in [4.78, 5) is 12.9. The van der Waals surface area contributed by atoms with Crippen LogP contribution in [0.1, 0.15) is 20.8 Å². The van der Waals surface area contributed by atoms with Crippen molar-refractivity contribution < 1.29 is 13.2 Å². The maximum absolute atomic E-state index is 12.9. The number of rotatable bonds is 6. The zero-order chi connectivity index (χ0) is 17.9. The van der Waals surface area contributed by atoms with Gasteiger partial charge in [0.2, 0.25) is 0 Å². The lowest BCUT2D eigenvalue weighted by Crippen LogP contribution is -2.37. The van der Waals surface area contributed by atoms with Crippen LogP contribution in [0, 0.1) is 5.41 Å². The molecule has 0 radical (unpaired) electrons. The van der Waals surface area contributed by atoms with Crippen LogP contribution in [-0.2, 0) is 14.6 Å². The van der Waals surface area contributed by atoms with Crippen molar-refractivity contribution in [3.05, 3.63) is 42.5 Å². The third kappa shape index (κ3) is 5.73. The SMILES string of the molecule is CC(C)(C)C(=O)C(/C=C/C[Si](C)(C)C)S(=O)(=O)c1ccccc1. The van der Waals surface area contributed by atoms with E-state index in [0.29, 0.717) is 0 Å². The summed E-state index contributed by atoms with van der Waals surface area (Å²) in [6.45, 7) is 11.9. The van der Waals surface area contributed by atoms with E-state index in [1.807, 2.05) is 6.08 Å². The van der Waals surface area contributed by atoms with E-state index in [4.69, 9.17) is 0 Å². The molecule has 0 saturated carbocycles. The third-order valence-corrected chi connectivity index (χ3v) is 6.87. The number of hydrogen-bond acceptors (Lipinski definition) is 3. The molecule has 0 heterocycles. The summed E-state index contributed by atoms with van der Waals surface area (Å²) in [5.41, 5.74) is -0.712. The Morgan fingerprint density at radius 2 is 1.65 bits per heavy atom. The standard InChI is InChI=1S/C18H28O3SSi/c1-18(2,3)17(19)16(13-10-14-23(4,5)6)22(20,21)15-11-8-7-9-12-15/h7-13,16H,14H2,1-6H3/b13-10+. The van der Waals surface area contributed by atoms with Crippen molar-refractivity contribution in [3.8, 4) is 0 Å². The first-order chi connectivity index (χ1) is 10.4. The summed E-state index contributed by atoms with van der Waals surface area (Å²) >= 11 is 0. The molecule has 1 unspecified atom stereocenters. The number of Topliss-reactive ketones (excluding diaryl/α,β-unsaturated/α-hetero) is 1. The molecule has 0 aliphatic rings. The van der Waals surface area contributed by atoms with Crippen LogP contribution in [0.15, 0.2) is 47.4 Å². The molecule has 0 bridgehead atoms. The molecule has 5 heteroatoms. The Kier molecular flexibility index (Phi) is 6.16. The average Bonchev–Trinajstić information content (AvgIpc) is 2.41. The fourth-order valence-electron chi connectivity index (χ4n) is 2.06. The lowest BCUT2D eigenvalue weighted by molar-refractivity contribution is -0.125.